The molecule has 0 aromatic carbocycles. The summed E-state index contributed by atoms with van der Waals surface area (Å²) in [4.78, 5) is 57.7. The zero-order valence-electron chi connectivity index (χ0n) is 27.2. The average Bonchev–Trinajstić information content (AvgIpc) is 3.59. The molecule has 4 heterocycles. The minimum Gasteiger partial charge on any atom is -0.477 e. The van der Waals surface area contributed by atoms with Crippen molar-refractivity contribution in [3.05, 3.63) is 40.7 Å². The third kappa shape index (κ3) is 9.08. The van der Waals surface area contributed by atoms with Gasteiger partial charge >= 0.3 is 5.97 Å². The maximum Gasteiger partial charge on any atom is 0.353 e. The van der Waals surface area contributed by atoms with E-state index in [0.29, 0.717) is 50.6 Å². The van der Waals surface area contributed by atoms with Crippen LogP contribution in [0.3, 0.4) is 0 Å². The van der Waals surface area contributed by atoms with Crippen LogP contribution < -0.4 is 10.6 Å². The number of unbranched alkanes of at least 4 members (excludes halogenated alkanes) is 3. The minimum atomic E-state index is -1.14. The Morgan fingerprint density at radius 1 is 1.22 bits per heavy atom. The van der Waals surface area contributed by atoms with Crippen LogP contribution in [0.5, 0.6) is 0 Å². The summed E-state index contributed by atoms with van der Waals surface area (Å²) < 4.78 is 5.62. The van der Waals surface area contributed by atoms with Crippen LogP contribution in [0.2, 0.25) is 0 Å². The van der Waals surface area contributed by atoms with E-state index in [1.165, 1.54) is 22.2 Å². The fraction of sp³-hybridized carbons (Fsp3) is 0.667. The largest absolute Gasteiger partial charge is 0.477 e. The first-order valence-corrected chi connectivity index (χ1v) is 17.3. The second-order valence-corrected chi connectivity index (χ2v) is 13.9. The molecule has 13 heteroatoms. The average molecular weight is 660 g/mol. The number of rotatable bonds is 19. The minimum absolute atomic E-state index is 0.00186. The molecule has 4 N–H and O–H groups in total. The van der Waals surface area contributed by atoms with E-state index in [2.05, 4.69) is 21.7 Å². The van der Waals surface area contributed by atoms with Gasteiger partial charge < -0.3 is 35.4 Å². The number of thioether (sulfide) groups is 1. The topological polar surface area (TPSA) is 161 Å². The van der Waals surface area contributed by atoms with Gasteiger partial charge in [-0.25, -0.2) is 4.79 Å². The predicted octanol–water partition coefficient (Wildman–Crippen LogP) is 2.17. The number of hydrogen-bond acceptors (Lipinski definition) is 9. The smallest absolute Gasteiger partial charge is 0.353 e. The first-order valence-electron chi connectivity index (χ1n) is 16.5. The van der Waals surface area contributed by atoms with Gasteiger partial charge in [0, 0.05) is 68.2 Å². The molecule has 0 aliphatic carbocycles. The van der Waals surface area contributed by atoms with Crippen LogP contribution in [0.15, 0.2) is 35.1 Å². The van der Waals surface area contributed by atoms with Gasteiger partial charge in [0.15, 0.2) is 0 Å². The van der Waals surface area contributed by atoms with Crippen molar-refractivity contribution in [2.45, 2.75) is 88.7 Å². The molecule has 12 nitrogen and oxygen atoms in total. The highest BCUT2D eigenvalue weighted by Gasteiger charge is 2.60. The number of nitrogens with zero attached hydrogens (tertiary/aromatic N) is 3. The van der Waals surface area contributed by atoms with Crippen molar-refractivity contribution in [1.29, 1.82) is 0 Å². The monoisotopic (exact) mass is 659 g/mol. The summed E-state index contributed by atoms with van der Waals surface area (Å²) >= 11 is 1.44. The Bertz CT molecular complexity index is 1250. The molecule has 46 heavy (non-hydrogen) atoms. The molecule has 0 radical (unpaired) electrons. The normalized spacial score (nSPS) is 24.5. The number of nitrogens with one attached hydrogen (secondary N) is 2. The number of hydrogen-bond donors (Lipinski definition) is 4. The van der Waals surface area contributed by atoms with E-state index in [-0.39, 0.29) is 46.7 Å². The fourth-order valence-corrected chi connectivity index (χ4v) is 8.04. The summed E-state index contributed by atoms with van der Waals surface area (Å²) in [6.45, 7) is 6.30. The van der Waals surface area contributed by atoms with Crippen molar-refractivity contribution >= 4 is 35.5 Å². The number of carbonyl (C=O) groups excluding carboxylic acids is 3. The molecular weight excluding hydrogens is 610 g/mol. The lowest BCUT2D eigenvalue weighted by Crippen LogP contribution is -2.63. The van der Waals surface area contributed by atoms with E-state index < -0.39 is 18.0 Å². The second kappa shape index (κ2) is 17.2. The van der Waals surface area contributed by atoms with Gasteiger partial charge in [-0.2, -0.15) is 0 Å². The maximum absolute atomic E-state index is 13.1. The lowest BCUT2D eigenvalue weighted by molar-refractivity contribution is -0.163. The van der Waals surface area contributed by atoms with E-state index in [1.54, 1.807) is 25.1 Å². The van der Waals surface area contributed by atoms with E-state index >= 15 is 0 Å². The number of carbonyl (C=O) groups is 4. The highest BCUT2D eigenvalue weighted by molar-refractivity contribution is 8.03. The molecule has 3 aliphatic heterocycles. The first-order chi connectivity index (χ1) is 22.1. The van der Waals surface area contributed by atoms with E-state index in [0.717, 1.165) is 38.5 Å². The zero-order chi connectivity index (χ0) is 33.2. The molecule has 2 saturated heterocycles. The number of aliphatic hydroxyl groups is 1. The number of amides is 3. The summed E-state index contributed by atoms with van der Waals surface area (Å²) in [7, 11) is 1.78. The number of pyridine rings is 1. The van der Waals surface area contributed by atoms with Gasteiger partial charge in [-0.15, -0.1) is 11.8 Å². The Morgan fingerprint density at radius 2 is 2.02 bits per heavy atom. The fourth-order valence-electron chi connectivity index (χ4n) is 6.56. The quantitative estimate of drug-likeness (QED) is 0.128. The molecule has 4 rings (SSSR count). The summed E-state index contributed by atoms with van der Waals surface area (Å²) in [5.41, 5.74) is 1.25. The Labute approximate surface area is 275 Å². The number of carboxylic acid groups (broad SMARTS) is 1. The summed E-state index contributed by atoms with van der Waals surface area (Å²) in [5.74, 6) is -2.26. The molecule has 2 fully saturated rings. The molecule has 0 saturated carbocycles. The highest BCUT2D eigenvalue weighted by Crippen LogP contribution is 2.51. The Kier molecular flexibility index (Phi) is 13.4. The number of fused-ring (bicyclic) bond motifs is 1. The van der Waals surface area contributed by atoms with E-state index in [4.69, 9.17) is 4.74 Å². The molecule has 6 atom stereocenters. The third-order valence-electron chi connectivity index (χ3n) is 9.06. The van der Waals surface area contributed by atoms with Crippen molar-refractivity contribution in [3.63, 3.8) is 0 Å². The number of aliphatic carboxylic acids is 1. The van der Waals surface area contributed by atoms with Gasteiger partial charge in [-0.3, -0.25) is 19.4 Å². The molecule has 254 valence electrons. The molecule has 0 bridgehead atoms. The van der Waals surface area contributed by atoms with Crippen LogP contribution in [-0.2, 0) is 30.3 Å². The van der Waals surface area contributed by atoms with Crippen LogP contribution in [0.1, 0.15) is 64.4 Å². The van der Waals surface area contributed by atoms with Crippen LogP contribution in [0, 0.1) is 11.8 Å². The summed E-state index contributed by atoms with van der Waals surface area (Å²) in [6, 6.07) is 3.32. The lowest BCUT2D eigenvalue weighted by atomic mass is 9.79. The first kappa shape index (κ1) is 35.8. The number of carboxylic acids is 1. The molecular formula is C33H49N5O7S. The van der Waals surface area contributed by atoms with Crippen LogP contribution in [-0.4, -0.2) is 112 Å². The van der Waals surface area contributed by atoms with Crippen molar-refractivity contribution in [3.8, 4) is 0 Å². The second-order valence-electron chi connectivity index (χ2n) is 12.6. The number of aliphatic hydroxyl groups excluding tert-OH is 1. The molecule has 3 aliphatic rings. The van der Waals surface area contributed by atoms with Gasteiger partial charge in [0.05, 0.1) is 30.7 Å². The van der Waals surface area contributed by atoms with Gasteiger partial charge in [0.1, 0.15) is 5.70 Å². The van der Waals surface area contributed by atoms with Crippen molar-refractivity contribution in [1.82, 2.24) is 25.4 Å². The van der Waals surface area contributed by atoms with Crippen molar-refractivity contribution in [2.75, 3.05) is 39.9 Å². The van der Waals surface area contributed by atoms with E-state index in [9.17, 15) is 29.4 Å². The highest BCUT2D eigenvalue weighted by atomic mass is 32.2. The van der Waals surface area contributed by atoms with Crippen molar-refractivity contribution in [2.24, 2.45) is 11.8 Å². The molecule has 3 amide bonds. The van der Waals surface area contributed by atoms with Gasteiger partial charge in [0.2, 0.25) is 17.7 Å². The Hall–Kier alpha value is -3.00. The van der Waals surface area contributed by atoms with Crippen LogP contribution in [0.25, 0.3) is 0 Å². The number of likely N-dealkylation sites (N-methyl/N-ethyl adjacent to an activating group) is 1. The summed E-state index contributed by atoms with van der Waals surface area (Å²) in [6.07, 6.45) is 9.20. The summed E-state index contributed by atoms with van der Waals surface area (Å²) in [5, 5.41) is 26.1. The zero-order valence-corrected chi connectivity index (χ0v) is 28.0. The Balaban J connectivity index is 1.06. The SMILES string of the molecule is C[C@H]1C(S[C@@H]2CN[C@H](C(=O)N(C)CCCCCC(=O)NCCOCCCCc3cccnc3)C2)=C(C(=O)O)N2C(=O)[C@H]([C@@H](C)O)C12. The standard InChI is InChI=1S/C33H49N5O7S/c1-21-28-27(22(2)39)32(42)38(28)29(33(43)44)30(21)46-24-18-25(36-20-24)31(41)37(3)15-7-4-5-12-26(40)35-14-17-45-16-8-6-10-23-11-9-13-34-19-23/h9,11,13,19,21-22,24-25,27-28,36,39H,4-8,10,12,14-18,20H2,1-3H3,(H,35,40)(H,43,44)/t21-,22-,24+,25+,27-,28?/m1/s1. The number of aromatic nitrogens is 1. The molecule has 1 aromatic rings. The maximum atomic E-state index is 13.1. The van der Waals surface area contributed by atoms with E-state index in [1.807, 2.05) is 19.2 Å². The third-order valence-corrected chi connectivity index (χ3v) is 10.6. The van der Waals surface area contributed by atoms with Crippen molar-refractivity contribution < 1.29 is 34.1 Å². The van der Waals surface area contributed by atoms with Crippen LogP contribution in [0.4, 0.5) is 0 Å². The Morgan fingerprint density at radius 3 is 2.74 bits per heavy atom. The van der Waals surface area contributed by atoms with Crippen LogP contribution >= 0.6 is 11.8 Å². The van der Waals surface area contributed by atoms with Gasteiger partial charge in [-0.05, 0) is 57.1 Å². The molecule has 0 spiro atoms. The number of aryl methyl sites for hydroxylation is 1. The predicted molar refractivity (Wildman–Crippen MR) is 175 cm³/mol. The molecule has 1 aromatic heterocycles. The molecule has 1 unspecified atom stereocenters. The van der Waals surface area contributed by atoms with Gasteiger partial charge in [0.25, 0.3) is 0 Å². The number of ether oxygens (including phenoxy) is 1. The number of β-lactam (4-membered cyclic amide) rings is 1. The van der Waals surface area contributed by atoms with Gasteiger partial charge in [-0.1, -0.05) is 19.4 Å². The lowest BCUT2D eigenvalue weighted by Gasteiger charge is -2.46.